The van der Waals surface area contributed by atoms with Crippen LogP contribution in [-0.2, 0) is 0 Å². The van der Waals surface area contributed by atoms with Gasteiger partial charge in [-0.05, 0) is 54.8 Å². The number of hydrogen-bond donors (Lipinski definition) is 0. The number of carbonyl (C=O) groups excluding carboxylic acids is 1. The molecular formula is C21H20N4O3. The monoisotopic (exact) mass is 376 g/mol. The summed E-state index contributed by atoms with van der Waals surface area (Å²) in [6.07, 6.45) is 5.06. The molecule has 5 rings (SSSR count). The number of ether oxygens (including phenoxy) is 2. The SMILES string of the molecule is O=C(c1ccc(-n2cncn2)cc1)N1CCC[C@@H]1c1ccc2c(c1)OCCO2. The van der Waals surface area contributed by atoms with E-state index in [1.54, 1.807) is 11.0 Å². The van der Waals surface area contributed by atoms with Crippen LogP contribution in [-0.4, -0.2) is 45.3 Å². The van der Waals surface area contributed by atoms with Gasteiger partial charge in [0.2, 0.25) is 0 Å². The fourth-order valence-corrected chi connectivity index (χ4v) is 3.89. The summed E-state index contributed by atoms with van der Waals surface area (Å²) in [6, 6.07) is 13.5. The van der Waals surface area contributed by atoms with Gasteiger partial charge in [-0.3, -0.25) is 4.79 Å². The van der Waals surface area contributed by atoms with Crippen molar-refractivity contribution in [2.75, 3.05) is 19.8 Å². The average molecular weight is 376 g/mol. The van der Waals surface area contributed by atoms with E-state index in [9.17, 15) is 4.79 Å². The van der Waals surface area contributed by atoms with E-state index in [0.717, 1.165) is 42.1 Å². The molecule has 1 atom stereocenters. The van der Waals surface area contributed by atoms with Crippen LogP contribution in [0, 0.1) is 0 Å². The first kappa shape index (κ1) is 16.8. The Kier molecular flexibility index (Phi) is 4.20. The number of amides is 1. The molecule has 0 bridgehead atoms. The Morgan fingerprint density at radius 3 is 2.64 bits per heavy atom. The third-order valence-corrected chi connectivity index (χ3v) is 5.26. The molecule has 7 nitrogen and oxygen atoms in total. The lowest BCUT2D eigenvalue weighted by Crippen LogP contribution is -2.30. The van der Waals surface area contributed by atoms with Gasteiger partial charge in [0.1, 0.15) is 25.9 Å². The lowest BCUT2D eigenvalue weighted by Gasteiger charge is -2.27. The number of hydrogen-bond acceptors (Lipinski definition) is 5. The minimum atomic E-state index is 0.0440. The van der Waals surface area contributed by atoms with Gasteiger partial charge in [0, 0.05) is 12.1 Å². The number of aromatic nitrogens is 3. The standard InChI is InChI=1S/C21H20N4O3/c26-21(15-3-6-17(7-4-15)25-14-22-13-23-25)24-9-1-2-18(24)16-5-8-19-20(12-16)28-11-10-27-19/h3-8,12-14,18H,1-2,9-11H2/t18-/m1/s1. The van der Waals surface area contributed by atoms with E-state index in [0.29, 0.717) is 18.8 Å². The summed E-state index contributed by atoms with van der Waals surface area (Å²) in [4.78, 5) is 19.1. The second kappa shape index (κ2) is 6.99. The Morgan fingerprint density at radius 1 is 1.04 bits per heavy atom. The van der Waals surface area contributed by atoms with Crippen molar-refractivity contribution in [1.82, 2.24) is 19.7 Å². The number of fused-ring (bicyclic) bond motifs is 1. The Balaban J connectivity index is 1.38. The van der Waals surface area contributed by atoms with Crippen LogP contribution in [0.1, 0.15) is 34.8 Å². The molecule has 1 fully saturated rings. The van der Waals surface area contributed by atoms with Crippen LogP contribution in [0.5, 0.6) is 11.5 Å². The number of rotatable bonds is 3. The third-order valence-electron chi connectivity index (χ3n) is 5.26. The fourth-order valence-electron chi connectivity index (χ4n) is 3.89. The fraction of sp³-hybridized carbons (Fsp3) is 0.286. The van der Waals surface area contributed by atoms with Gasteiger partial charge >= 0.3 is 0 Å². The van der Waals surface area contributed by atoms with Gasteiger partial charge in [0.05, 0.1) is 11.7 Å². The maximum Gasteiger partial charge on any atom is 0.254 e. The molecule has 7 heteroatoms. The predicted octanol–water partition coefficient (Wildman–Crippen LogP) is 3.02. The van der Waals surface area contributed by atoms with E-state index < -0.39 is 0 Å². The molecule has 28 heavy (non-hydrogen) atoms. The van der Waals surface area contributed by atoms with E-state index in [2.05, 4.69) is 10.1 Å². The highest BCUT2D eigenvalue weighted by Crippen LogP contribution is 2.38. The summed E-state index contributed by atoms with van der Waals surface area (Å²) in [7, 11) is 0. The van der Waals surface area contributed by atoms with Crippen molar-refractivity contribution < 1.29 is 14.3 Å². The molecule has 3 heterocycles. The smallest absolute Gasteiger partial charge is 0.254 e. The minimum absolute atomic E-state index is 0.0440. The molecule has 1 saturated heterocycles. The normalized spacial score (nSPS) is 18.3. The Bertz CT molecular complexity index is 985. The average Bonchev–Trinajstić information content (AvgIpc) is 3.45. The highest BCUT2D eigenvalue weighted by Gasteiger charge is 2.31. The molecule has 142 valence electrons. The highest BCUT2D eigenvalue weighted by molar-refractivity contribution is 5.94. The third kappa shape index (κ3) is 2.98. The van der Waals surface area contributed by atoms with Crippen LogP contribution >= 0.6 is 0 Å². The topological polar surface area (TPSA) is 69.5 Å². The van der Waals surface area contributed by atoms with Crippen molar-refractivity contribution in [3.05, 3.63) is 66.2 Å². The Labute approximate surface area is 162 Å². The molecule has 2 aliphatic heterocycles. The summed E-state index contributed by atoms with van der Waals surface area (Å²) in [5.74, 6) is 1.58. The summed E-state index contributed by atoms with van der Waals surface area (Å²) < 4.78 is 13.0. The largest absolute Gasteiger partial charge is 0.486 e. The molecule has 0 radical (unpaired) electrons. The van der Waals surface area contributed by atoms with Crippen molar-refractivity contribution in [2.45, 2.75) is 18.9 Å². The quantitative estimate of drug-likeness (QED) is 0.703. The number of likely N-dealkylation sites (tertiary alicyclic amines) is 1. The predicted molar refractivity (Wildman–Crippen MR) is 102 cm³/mol. The van der Waals surface area contributed by atoms with E-state index >= 15 is 0 Å². The highest BCUT2D eigenvalue weighted by atomic mass is 16.6. The van der Waals surface area contributed by atoms with Gasteiger partial charge in [0.25, 0.3) is 5.91 Å². The molecule has 0 unspecified atom stereocenters. The van der Waals surface area contributed by atoms with Crippen LogP contribution in [0.4, 0.5) is 0 Å². The van der Waals surface area contributed by atoms with Gasteiger partial charge in [-0.2, -0.15) is 5.10 Å². The Hall–Kier alpha value is -3.35. The van der Waals surface area contributed by atoms with Gasteiger partial charge in [-0.15, -0.1) is 0 Å². The van der Waals surface area contributed by atoms with Crippen LogP contribution in [0.25, 0.3) is 5.69 Å². The molecule has 0 N–H and O–H groups in total. The first-order valence-corrected chi connectivity index (χ1v) is 9.45. The molecule has 1 amide bonds. The summed E-state index contributed by atoms with van der Waals surface area (Å²) >= 11 is 0. The maximum absolute atomic E-state index is 13.2. The van der Waals surface area contributed by atoms with Gasteiger partial charge in [-0.25, -0.2) is 9.67 Å². The summed E-state index contributed by atoms with van der Waals surface area (Å²) in [5, 5.41) is 4.11. The Morgan fingerprint density at radius 2 is 1.86 bits per heavy atom. The van der Waals surface area contributed by atoms with Crippen LogP contribution in [0.15, 0.2) is 55.1 Å². The van der Waals surface area contributed by atoms with Crippen molar-refractivity contribution in [3.63, 3.8) is 0 Å². The first-order valence-electron chi connectivity index (χ1n) is 9.45. The minimum Gasteiger partial charge on any atom is -0.486 e. The zero-order valence-electron chi connectivity index (χ0n) is 15.3. The molecule has 0 saturated carbocycles. The van der Waals surface area contributed by atoms with E-state index in [4.69, 9.17) is 9.47 Å². The zero-order chi connectivity index (χ0) is 18.9. The van der Waals surface area contributed by atoms with E-state index in [1.807, 2.05) is 47.4 Å². The lowest BCUT2D eigenvalue weighted by molar-refractivity contribution is 0.0735. The van der Waals surface area contributed by atoms with E-state index in [1.165, 1.54) is 6.33 Å². The van der Waals surface area contributed by atoms with Crippen molar-refractivity contribution in [1.29, 1.82) is 0 Å². The summed E-state index contributed by atoms with van der Waals surface area (Å²) in [5.41, 5.74) is 2.64. The maximum atomic E-state index is 13.2. The van der Waals surface area contributed by atoms with E-state index in [-0.39, 0.29) is 11.9 Å². The molecule has 0 spiro atoms. The van der Waals surface area contributed by atoms with Crippen LogP contribution in [0.3, 0.4) is 0 Å². The molecule has 3 aromatic rings. The molecule has 1 aromatic heterocycles. The van der Waals surface area contributed by atoms with Crippen molar-refractivity contribution in [2.24, 2.45) is 0 Å². The second-order valence-corrected chi connectivity index (χ2v) is 6.95. The molecule has 2 aromatic carbocycles. The van der Waals surface area contributed by atoms with Crippen LogP contribution in [0.2, 0.25) is 0 Å². The van der Waals surface area contributed by atoms with Gasteiger partial charge in [0.15, 0.2) is 11.5 Å². The zero-order valence-corrected chi connectivity index (χ0v) is 15.3. The molecule has 0 aliphatic carbocycles. The van der Waals surface area contributed by atoms with Crippen molar-refractivity contribution in [3.8, 4) is 17.2 Å². The molecule has 2 aliphatic rings. The van der Waals surface area contributed by atoms with Gasteiger partial charge < -0.3 is 14.4 Å². The molecular weight excluding hydrogens is 356 g/mol. The van der Waals surface area contributed by atoms with Gasteiger partial charge in [-0.1, -0.05) is 6.07 Å². The first-order chi connectivity index (χ1) is 13.8. The summed E-state index contributed by atoms with van der Waals surface area (Å²) in [6.45, 7) is 1.88. The number of nitrogens with zero attached hydrogens (tertiary/aromatic N) is 4. The second-order valence-electron chi connectivity index (χ2n) is 6.95. The number of carbonyl (C=O) groups is 1. The van der Waals surface area contributed by atoms with Crippen molar-refractivity contribution >= 4 is 5.91 Å². The van der Waals surface area contributed by atoms with Crippen LogP contribution < -0.4 is 9.47 Å². The number of benzene rings is 2. The lowest BCUT2D eigenvalue weighted by atomic mass is 10.0.